The van der Waals surface area contributed by atoms with Crippen LogP contribution in [0.1, 0.15) is 31.4 Å². The van der Waals surface area contributed by atoms with E-state index in [1.54, 1.807) is 30.5 Å². The predicted molar refractivity (Wildman–Crippen MR) is 108 cm³/mol. The molecule has 8 heteroatoms. The van der Waals surface area contributed by atoms with Gasteiger partial charge in [-0.2, -0.15) is 13.2 Å². The van der Waals surface area contributed by atoms with Crippen molar-refractivity contribution >= 4 is 11.9 Å². The summed E-state index contributed by atoms with van der Waals surface area (Å²) in [6, 6.07) is 10.6. The number of halogens is 4. The fourth-order valence-corrected chi connectivity index (χ4v) is 3.93. The monoisotopic (exact) mass is 424 g/mol. The maximum Gasteiger partial charge on any atom is 0.418 e. The molecule has 0 aromatic heterocycles. The van der Waals surface area contributed by atoms with E-state index in [1.807, 2.05) is 0 Å². The number of hydrogen-bond acceptors (Lipinski definition) is 4. The van der Waals surface area contributed by atoms with Gasteiger partial charge >= 0.3 is 6.18 Å². The lowest BCUT2D eigenvalue weighted by molar-refractivity contribution is -0.262. The van der Waals surface area contributed by atoms with Crippen LogP contribution in [0.5, 0.6) is 5.75 Å². The van der Waals surface area contributed by atoms with E-state index >= 15 is 0 Å². The van der Waals surface area contributed by atoms with Crippen molar-refractivity contribution in [3.63, 3.8) is 0 Å². The molecule has 2 aromatic carbocycles. The van der Waals surface area contributed by atoms with Gasteiger partial charge in [-0.3, -0.25) is 4.99 Å². The summed E-state index contributed by atoms with van der Waals surface area (Å²) < 4.78 is 61.4. The maximum atomic E-state index is 14.1. The van der Waals surface area contributed by atoms with E-state index in [2.05, 4.69) is 4.99 Å². The highest BCUT2D eigenvalue weighted by molar-refractivity contribution is 5.89. The van der Waals surface area contributed by atoms with E-state index in [0.29, 0.717) is 11.3 Å². The molecule has 0 spiro atoms. The molecule has 162 valence electrons. The topological polar surface area (TPSA) is 45.1 Å². The first-order valence-electron chi connectivity index (χ1n) is 9.44. The molecule has 2 aromatic rings. The number of para-hydroxylation sites is 1. The molecule has 0 saturated carbocycles. The Hall–Kier alpha value is -2.61. The van der Waals surface area contributed by atoms with E-state index in [9.17, 15) is 22.7 Å². The Balaban J connectivity index is 1.97. The minimum absolute atomic E-state index is 0.000875. The highest BCUT2D eigenvalue weighted by Gasteiger charge is 2.57. The van der Waals surface area contributed by atoms with Gasteiger partial charge in [-0.1, -0.05) is 32.0 Å². The molecule has 0 aliphatic carbocycles. The smallest absolute Gasteiger partial charge is 0.418 e. The van der Waals surface area contributed by atoms with Crippen molar-refractivity contribution in [1.29, 1.82) is 0 Å². The number of hydrogen-bond donors (Lipinski definition) is 1. The molecule has 1 N–H and O–H groups in total. The Bertz CT molecular complexity index is 943. The zero-order chi connectivity index (χ0) is 22.2. The Morgan fingerprint density at radius 2 is 1.83 bits per heavy atom. The minimum atomic E-state index is -4.92. The second kappa shape index (κ2) is 7.91. The van der Waals surface area contributed by atoms with Crippen LogP contribution >= 0.6 is 0 Å². The lowest BCUT2D eigenvalue weighted by atomic mass is 9.74. The number of alkyl halides is 3. The first-order chi connectivity index (χ1) is 14.0. The predicted octanol–water partition coefficient (Wildman–Crippen LogP) is 4.69. The van der Waals surface area contributed by atoms with Crippen molar-refractivity contribution in [3.05, 3.63) is 59.4 Å². The molecule has 0 saturated heterocycles. The number of nitrogens with zero attached hydrogens (tertiary/aromatic N) is 2. The fraction of sp³-hybridized carbons (Fsp3) is 0.409. The van der Waals surface area contributed by atoms with Crippen molar-refractivity contribution in [3.8, 4) is 5.75 Å². The fourth-order valence-electron chi connectivity index (χ4n) is 3.93. The average molecular weight is 424 g/mol. The molecule has 0 amide bonds. The van der Waals surface area contributed by atoms with Gasteiger partial charge in [-0.25, -0.2) is 4.39 Å². The summed E-state index contributed by atoms with van der Waals surface area (Å²) in [5.41, 5.74) is -2.80. The lowest BCUT2D eigenvalue weighted by Gasteiger charge is -2.42. The normalized spacial score (nSPS) is 16.2. The van der Waals surface area contributed by atoms with Gasteiger partial charge in [0, 0.05) is 23.0 Å². The molecule has 0 bridgehead atoms. The zero-order valence-electron chi connectivity index (χ0n) is 17.0. The highest BCUT2D eigenvalue weighted by atomic mass is 19.4. The third-order valence-corrected chi connectivity index (χ3v) is 5.37. The van der Waals surface area contributed by atoms with Gasteiger partial charge in [0.1, 0.15) is 18.2 Å². The standard InChI is InChI=1S/C22H24F4N2O2/c1-20(2,17-10-16(23)8-9-19(17)30-3)12-21(29,22(24,25)26)13-28-14-27-11-15-6-4-5-7-18(15)28/h4-11,29H,12-14H2,1-3H3. The number of ether oxygens (including phenoxy) is 1. The third-order valence-electron chi connectivity index (χ3n) is 5.37. The summed E-state index contributed by atoms with van der Waals surface area (Å²) in [6.45, 7) is 2.36. The molecule has 30 heavy (non-hydrogen) atoms. The summed E-state index contributed by atoms with van der Waals surface area (Å²) in [4.78, 5) is 5.52. The van der Waals surface area contributed by atoms with Gasteiger partial charge < -0.3 is 14.7 Å². The van der Waals surface area contributed by atoms with Crippen LogP contribution in [0.25, 0.3) is 0 Å². The van der Waals surface area contributed by atoms with Gasteiger partial charge in [0.15, 0.2) is 5.60 Å². The lowest BCUT2D eigenvalue weighted by Crippen LogP contribution is -2.56. The maximum absolute atomic E-state index is 14.1. The van der Waals surface area contributed by atoms with Crippen LogP contribution in [0.3, 0.4) is 0 Å². The first-order valence-corrected chi connectivity index (χ1v) is 9.44. The molecule has 4 nitrogen and oxygen atoms in total. The zero-order valence-corrected chi connectivity index (χ0v) is 17.0. The minimum Gasteiger partial charge on any atom is -0.496 e. The molecular weight excluding hydrogens is 400 g/mol. The van der Waals surface area contributed by atoms with Gasteiger partial charge in [0.25, 0.3) is 0 Å². The van der Waals surface area contributed by atoms with Crippen LogP contribution in [0.4, 0.5) is 23.2 Å². The number of aliphatic hydroxyl groups is 1. The van der Waals surface area contributed by atoms with E-state index in [1.165, 1.54) is 38.0 Å². The van der Waals surface area contributed by atoms with Crippen LogP contribution in [-0.4, -0.2) is 43.4 Å². The highest BCUT2D eigenvalue weighted by Crippen LogP contribution is 2.44. The number of aliphatic imine (C=N–C) groups is 1. The summed E-state index contributed by atoms with van der Waals surface area (Å²) in [5.74, 6) is -0.326. The Morgan fingerprint density at radius 1 is 1.13 bits per heavy atom. The molecule has 0 fully saturated rings. The molecule has 1 aliphatic rings. The Morgan fingerprint density at radius 3 is 2.50 bits per heavy atom. The van der Waals surface area contributed by atoms with Crippen LogP contribution in [0.2, 0.25) is 0 Å². The third kappa shape index (κ3) is 4.28. The second-order valence-electron chi connectivity index (χ2n) is 8.14. The average Bonchev–Trinajstić information content (AvgIpc) is 2.67. The SMILES string of the molecule is COc1ccc(F)cc1C(C)(C)CC(O)(CN1CN=Cc2ccccc21)C(F)(F)F. The largest absolute Gasteiger partial charge is 0.496 e. The Labute approximate surface area is 172 Å². The van der Waals surface area contributed by atoms with E-state index < -0.39 is 36.0 Å². The van der Waals surface area contributed by atoms with Gasteiger partial charge in [-0.05, 0) is 36.1 Å². The molecule has 1 unspecified atom stereocenters. The van der Waals surface area contributed by atoms with Crippen LogP contribution in [0, 0.1) is 5.82 Å². The molecular formula is C22H24F4N2O2. The van der Waals surface area contributed by atoms with E-state index in [0.717, 1.165) is 6.07 Å². The van der Waals surface area contributed by atoms with Gasteiger partial charge in [0.2, 0.25) is 0 Å². The molecule has 0 radical (unpaired) electrons. The molecule has 1 heterocycles. The van der Waals surface area contributed by atoms with E-state index in [-0.39, 0.29) is 18.0 Å². The molecule has 3 rings (SSSR count). The number of anilines is 1. The number of benzene rings is 2. The summed E-state index contributed by atoms with van der Waals surface area (Å²) in [5, 5.41) is 10.9. The second-order valence-corrected chi connectivity index (χ2v) is 8.14. The number of rotatable bonds is 6. The van der Waals surface area contributed by atoms with E-state index in [4.69, 9.17) is 4.74 Å². The van der Waals surface area contributed by atoms with Gasteiger partial charge in [-0.15, -0.1) is 0 Å². The molecule has 1 aliphatic heterocycles. The number of methoxy groups -OCH3 is 1. The van der Waals surface area contributed by atoms with Crippen molar-refractivity contribution in [2.45, 2.75) is 37.5 Å². The van der Waals surface area contributed by atoms with Crippen molar-refractivity contribution in [2.24, 2.45) is 4.99 Å². The summed E-state index contributed by atoms with van der Waals surface area (Å²) >= 11 is 0. The van der Waals surface area contributed by atoms with Crippen molar-refractivity contribution < 1.29 is 27.4 Å². The Kier molecular flexibility index (Phi) is 5.82. The quantitative estimate of drug-likeness (QED) is 0.685. The van der Waals surface area contributed by atoms with Crippen LogP contribution in [-0.2, 0) is 5.41 Å². The first kappa shape index (κ1) is 22.1. The number of fused-ring (bicyclic) bond motifs is 1. The summed E-state index contributed by atoms with van der Waals surface area (Å²) in [6.07, 6.45) is -4.01. The van der Waals surface area contributed by atoms with Crippen LogP contribution in [0.15, 0.2) is 47.5 Å². The molecule has 1 atom stereocenters. The van der Waals surface area contributed by atoms with Gasteiger partial charge in [0.05, 0.1) is 13.7 Å². The van der Waals surface area contributed by atoms with Crippen LogP contribution < -0.4 is 9.64 Å². The number of β-amino-alcohol motifs (C(OH)–C–C–N with tert-alkyl or cyclic N) is 1. The summed E-state index contributed by atoms with van der Waals surface area (Å²) in [7, 11) is 1.37. The van der Waals surface area contributed by atoms with Crippen molar-refractivity contribution in [1.82, 2.24) is 0 Å². The van der Waals surface area contributed by atoms with Crippen molar-refractivity contribution in [2.75, 3.05) is 25.2 Å².